The molecule has 1 atom stereocenters. The fourth-order valence-electron chi connectivity index (χ4n) is 7.11. The number of pyridine rings is 1. The molecule has 3 heterocycles. The highest BCUT2D eigenvalue weighted by molar-refractivity contribution is 5.89. The molecule has 0 saturated carbocycles. The second kappa shape index (κ2) is 15.1. The van der Waals surface area contributed by atoms with Crippen LogP contribution in [0.5, 0.6) is 0 Å². The van der Waals surface area contributed by atoms with E-state index in [-0.39, 0.29) is 23.9 Å². The second-order valence-electron chi connectivity index (χ2n) is 15.9. The number of anilines is 1. The van der Waals surface area contributed by atoms with Crippen molar-refractivity contribution in [1.29, 1.82) is 0 Å². The second-order valence-corrected chi connectivity index (χ2v) is 15.9. The number of azide groups is 1. The van der Waals surface area contributed by atoms with Gasteiger partial charge in [-0.3, -0.25) is 9.88 Å². The molecule has 0 amide bonds. The number of carbonyl (C=O) groups is 1. The number of carbonyl (C=O) groups excluding carboxylic acids is 1. The molecule has 2 aliphatic heterocycles. The number of piperidine rings is 1. The van der Waals surface area contributed by atoms with E-state index in [0.717, 1.165) is 79.9 Å². The number of halogens is 1. The predicted molar refractivity (Wildman–Crippen MR) is 196 cm³/mol. The number of rotatable bonds is 10. The van der Waals surface area contributed by atoms with E-state index < -0.39 is 17.7 Å². The number of esters is 1. The fourth-order valence-corrected chi connectivity index (χ4v) is 7.11. The Morgan fingerprint density at radius 3 is 2.44 bits per heavy atom. The van der Waals surface area contributed by atoms with E-state index in [2.05, 4.69) is 51.9 Å². The standard InChI is InChI=1S/C40H53FN6O3/c1-25(2)49-38(48)37(50-39(5,6)7)34-27(4)44-33(22-43-45-42)35(36(34)47-18-15-40(8,9)16-19-47)29-10-11-31-24-46(17-14-28(31)21-29)23-30-12-13-32(41)20-26(30)3/h10-13,20-21,25,37H,14-19,22-24H2,1-9H3/t37-/m0/s1. The van der Waals surface area contributed by atoms with Crippen molar-refractivity contribution >= 4 is 11.7 Å². The summed E-state index contributed by atoms with van der Waals surface area (Å²) in [6.07, 6.45) is 1.48. The van der Waals surface area contributed by atoms with Gasteiger partial charge in [-0.1, -0.05) is 43.2 Å². The lowest BCUT2D eigenvalue weighted by Gasteiger charge is -2.41. The summed E-state index contributed by atoms with van der Waals surface area (Å²) in [7, 11) is 0. The molecule has 0 N–H and O–H groups in total. The van der Waals surface area contributed by atoms with Crippen molar-refractivity contribution in [1.82, 2.24) is 9.88 Å². The Labute approximate surface area is 296 Å². The first-order valence-corrected chi connectivity index (χ1v) is 17.8. The molecule has 3 aromatic rings. The van der Waals surface area contributed by atoms with Gasteiger partial charge in [0.25, 0.3) is 0 Å². The average Bonchev–Trinajstić information content (AvgIpc) is 3.03. The highest BCUT2D eigenvalue weighted by atomic mass is 19.1. The zero-order valence-electron chi connectivity index (χ0n) is 31.3. The zero-order valence-corrected chi connectivity index (χ0v) is 31.3. The summed E-state index contributed by atoms with van der Waals surface area (Å²) in [6.45, 7) is 22.0. The zero-order chi connectivity index (χ0) is 36.4. The first-order valence-electron chi connectivity index (χ1n) is 17.8. The number of ether oxygens (including phenoxy) is 2. The highest BCUT2D eigenvalue weighted by Gasteiger charge is 2.38. The van der Waals surface area contributed by atoms with Gasteiger partial charge in [-0.2, -0.15) is 0 Å². The van der Waals surface area contributed by atoms with Crippen LogP contribution in [-0.4, -0.2) is 47.2 Å². The number of aryl methyl sites for hydroxylation is 2. The molecule has 9 nitrogen and oxygen atoms in total. The summed E-state index contributed by atoms with van der Waals surface area (Å²) < 4.78 is 26.2. The summed E-state index contributed by atoms with van der Waals surface area (Å²) in [6, 6.07) is 11.6. The summed E-state index contributed by atoms with van der Waals surface area (Å²) >= 11 is 0. The van der Waals surface area contributed by atoms with Gasteiger partial charge in [-0.25, -0.2) is 9.18 Å². The molecule has 5 rings (SSSR count). The van der Waals surface area contributed by atoms with E-state index in [1.807, 2.05) is 54.5 Å². The maximum Gasteiger partial charge on any atom is 0.340 e. The monoisotopic (exact) mass is 684 g/mol. The Hall–Kier alpha value is -3.98. The summed E-state index contributed by atoms with van der Waals surface area (Å²) in [5.74, 6) is -0.661. The third-order valence-electron chi connectivity index (χ3n) is 9.77. The van der Waals surface area contributed by atoms with E-state index in [9.17, 15) is 14.7 Å². The summed E-state index contributed by atoms with van der Waals surface area (Å²) in [5, 5.41) is 3.98. The van der Waals surface area contributed by atoms with Gasteiger partial charge in [0.15, 0.2) is 6.10 Å². The minimum atomic E-state index is -1.01. The minimum absolute atomic E-state index is 0.0718. The van der Waals surface area contributed by atoms with Crippen LogP contribution in [-0.2, 0) is 40.3 Å². The van der Waals surface area contributed by atoms with Gasteiger partial charge in [0.1, 0.15) is 5.82 Å². The molecule has 0 bridgehead atoms. The number of hydrogen-bond acceptors (Lipinski definition) is 7. The smallest absolute Gasteiger partial charge is 0.340 e. The average molecular weight is 685 g/mol. The molecule has 2 aliphatic rings. The van der Waals surface area contributed by atoms with E-state index in [4.69, 9.17) is 14.5 Å². The minimum Gasteiger partial charge on any atom is -0.461 e. The lowest BCUT2D eigenvalue weighted by atomic mass is 9.81. The van der Waals surface area contributed by atoms with Gasteiger partial charge in [0.2, 0.25) is 0 Å². The van der Waals surface area contributed by atoms with Gasteiger partial charge < -0.3 is 14.4 Å². The van der Waals surface area contributed by atoms with Crippen LogP contribution in [0.15, 0.2) is 41.5 Å². The van der Waals surface area contributed by atoms with Crippen molar-refractivity contribution in [3.05, 3.63) is 91.9 Å². The van der Waals surface area contributed by atoms with E-state index in [1.165, 1.54) is 17.2 Å². The van der Waals surface area contributed by atoms with Crippen LogP contribution in [0.25, 0.3) is 21.6 Å². The van der Waals surface area contributed by atoms with E-state index >= 15 is 0 Å². The number of hydrogen-bond donors (Lipinski definition) is 0. The molecule has 0 aliphatic carbocycles. The highest BCUT2D eigenvalue weighted by Crippen LogP contribution is 2.46. The molecule has 1 saturated heterocycles. The third-order valence-corrected chi connectivity index (χ3v) is 9.77. The number of nitrogens with zero attached hydrogens (tertiary/aromatic N) is 6. The Balaban J connectivity index is 1.66. The first-order chi connectivity index (χ1) is 23.5. The van der Waals surface area contributed by atoms with E-state index in [0.29, 0.717) is 17.0 Å². The van der Waals surface area contributed by atoms with Crippen molar-refractivity contribution in [3.8, 4) is 11.1 Å². The van der Waals surface area contributed by atoms with Crippen molar-refractivity contribution in [2.75, 3.05) is 24.5 Å². The molecule has 0 unspecified atom stereocenters. The van der Waals surface area contributed by atoms with Gasteiger partial charge in [-0.05, 0) is 119 Å². The molecular weight excluding hydrogens is 631 g/mol. The van der Waals surface area contributed by atoms with Crippen LogP contribution in [0, 0.1) is 25.1 Å². The van der Waals surface area contributed by atoms with Crippen LogP contribution in [0.3, 0.4) is 0 Å². The lowest BCUT2D eigenvalue weighted by molar-refractivity contribution is -0.171. The van der Waals surface area contributed by atoms with Gasteiger partial charge in [-0.15, -0.1) is 0 Å². The van der Waals surface area contributed by atoms with Crippen molar-refractivity contribution in [3.63, 3.8) is 0 Å². The molecule has 50 heavy (non-hydrogen) atoms. The third kappa shape index (κ3) is 8.84. The molecule has 2 aromatic carbocycles. The van der Waals surface area contributed by atoms with Crippen LogP contribution >= 0.6 is 0 Å². The van der Waals surface area contributed by atoms with Crippen molar-refractivity contribution < 1.29 is 18.7 Å². The maximum atomic E-state index is 13.9. The molecule has 1 aromatic heterocycles. The molecule has 268 valence electrons. The summed E-state index contributed by atoms with van der Waals surface area (Å²) in [5.41, 5.74) is 18.3. The number of benzene rings is 2. The van der Waals surface area contributed by atoms with Crippen molar-refractivity contribution in [2.24, 2.45) is 10.5 Å². The molecule has 0 radical (unpaired) electrons. The first kappa shape index (κ1) is 37.3. The summed E-state index contributed by atoms with van der Waals surface area (Å²) in [4.78, 5) is 26.9. The van der Waals surface area contributed by atoms with Gasteiger partial charge in [0.05, 0.1) is 29.6 Å². The fraction of sp³-hybridized carbons (Fsp3) is 0.550. The van der Waals surface area contributed by atoms with Gasteiger partial charge >= 0.3 is 5.97 Å². The largest absolute Gasteiger partial charge is 0.461 e. The molecular formula is C40H53FN6O3. The molecule has 0 spiro atoms. The van der Waals surface area contributed by atoms with Crippen LogP contribution in [0.2, 0.25) is 0 Å². The maximum absolute atomic E-state index is 13.9. The van der Waals surface area contributed by atoms with Crippen LogP contribution in [0.4, 0.5) is 10.1 Å². The number of aromatic nitrogens is 1. The Morgan fingerprint density at radius 2 is 1.80 bits per heavy atom. The number of fused-ring (bicyclic) bond motifs is 1. The Kier molecular flexibility index (Phi) is 11.3. The Bertz CT molecular complexity index is 1770. The van der Waals surface area contributed by atoms with Crippen LogP contribution in [0.1, 0.15) is 107 Å². The van der Waals surface area contributed by atoms with Crippen molar-refractivity contribution in [2.45, 2.75) is 119 Å². The predicted octanol–water partition coefficient (Wildman–Crippen LogP) is 9.31. The van der Waals surface area contributed by atoms with Crippen LogP contribution < -0.4 is 4.90 Å². The SMILES string of the molecule is Cc1cc(F)ccc1CN1CCc2cc(-c3c(CN=[N+]=[N-])nc(C)c([C@H](OC(C)(C)C)C(=O)OC(C)C)c3N3CCC(C)(C)CC3)ccc2C1. The lowest BCUT2D eigenvalue weighted by Crippen LogP contribution is -2.39. The van der Waals surface area contributed by atoms with E-state index in [1.54, 1.807) is 6.07 Å². The topological polar surface area (TPSA) is 104 Å². The molecule has 1 fully saturated rings. The quantitative estimate of drug-likeness (QED) is 0.0913. The normalized spacial score (nSPS) is 16.9. The Morgan fingerprint density at radius 1 is 1.08 bits per heavy atom. The molecule has 10 heteroatoms. The van der Waals surface area contributed by atoms with Gasteiger partial charge in [0, 0.05) is 54.5 Å².